The molecule has 1 N–H and O–H groups in total. The summed E-state index contributed by atoms with van der Waals surface area (Å²) in [5.41, 5.74) is 1.03. The SMILES string of the molecule is CCC1(C)CCN(CC2(CNC(C)C)CCOCC2)CC1. The molecule has 0 aromatic heterocycles. The van der Waals surface area contributed by atoms with E-state index in [4.69, 9.17) is 4.74 Å². The lowest BCUT2D eigenvalue weighted by Crippen LogP contribution is -2.51. The fourth-order valence-electron chi connectivity index (χ4n) is 3.69. The molecule has 0 radical (unpaired) electrons. The maximum absolute atomic E-state index is 5.62. The van der Waals surface area contributed by atoms with Gasteiger partial charge in [0, 0.05) is 32.3 Å². The van der Waals surface area contributed by atoms with Crippen LogP contribution in [0.25, 0.3) is 0 Å². The van der Waals surface area contributed by atoms with Crippen molar-refractivity contribution in [1.82, 2.24) is 10.2 Å². The summed E-state index contributed by atoms with van der Waals surface area (Å²) in [5, 5.41) is 3.69. The summed E-state index contributed by atoms with van der Waals surface area (Å²) in [4.78, 5) is 2.73. The second kappa shape index (κ2) is 7.43. The molecule has 2 aliphatic rings. The lowest BCUT2D eigenvalue weighted by molar-refractivity contribution is -0.0157. The van der Waals surface area contributed by atoms with E-state index in [-0.39, 0.29) is 0 Å². The van der Waals surface area contributed by atoms with Gasteiger partial charge in [0.15, 0.2) is 0 Å². The van der Waals surface area contributed by atoms with E-state index in [1.54, 1.807) is 0 Å². The summed E-state index contributed by atoms with van der Waals surface area (Å²) in [6.45, 7) is 16.2. The Morgan fingerprint density at radius 2 is 1.71 bits per heavy atom. The van der Waals surface area contributed by atoms with Crippen LogP contribution in [0.1, 0.15) is 59.8 Å². The largest absolute Gasteiger partial charge is 0.381 e. The van der Waals surface area contributed by atoms with Crippen LogP contribution in [0.5, 0.6) is 0 Å². The molecular formula is C18H36N2O. The van der Waals surface area contributed by atoms with Crippen molar-refractivity contribution in [3.63, 3.8) is 0 Å². The van der Waals surface area contributed by atoms with Crippen molar-refractivity contribution in [2.75, 3.05) is 39.4 Å². The van der Waals surface area contributed by atoms with Crippen LogP contribution in [0, 0.1) is 10.8 Å². The van der Waals surface area contributed by atoms with Crippen LogP contribution in [0.2, 0.25) is 0 Å². The Labute approximate surface area is 131 Å². The van der Waals surface area contributed by atoms with E-state index in [1.807, 2.05) is 0 Å². The van der Waals surface area contributed by atoms with Gasteiger partial charge in [-0.1, -0.05) is 34.1 Å². The molecule has 0 saturated carbocycles. The Bertz CT molecular complexity index is 302. The average Bonchev–Trinajstić information content (AvgIpc) is 2.49. The molecule has 2 fully saturated rings. The third-order valence-corrected chi connectivity index (χ3v) is 5.91. The Balaban J connectivity index is 1.90. The van der Waals surface area contributed by atoms with E-state index in [1.165, 1.54) is 51.7 Å². The molecule has 0 aliphatic carbocycles. The molecule has 2 heterocycles. The van der Waals surface area contributed by atoms with Gasteiger partial charge in [0.2, 0.25) is 0 Å². The maximum atomic E-state index is 5.62. The first-order chi connectivity index (χ1) is 9.97. The molecule has 124 valence electrons. The molecule has 0 aromatic rings. The summed E-state index contributed by atoms with van der Waals surface area (Å²) >= 11 is 0. The third kappa shape index (κ3) is 4.94. The molecule has 2 rings (SSSR count). The van der Waals surface area contributed by atoms with Crippen LogP contribution in [0.4, 0.5) is 0 Å². The fraction of sp³-hybridized carbons (Fsp3) is 1.00. The quantitative estimate of drug-likeness (QED) is 0.814. The van der Waals surface area contributed by atoms with Gasteiger partial charge in [-0.15, -0.1) is 0 Å². The second-order valence-electron chi connectivity index (χ2n) is 8.09. The van der Waals surface area contributed by atoms with E-state index in [9.17, 15) is 0 Å². The topological polar surface area (TPSA) is 24.5 Å². The predicted octanol–water partition coefficient (Wildman–Crippen LogP) is 3.29. The van der Waals surface area contributed by atoms with Crippen molar-refractivity contribution < 1.29 is 4.74 Å². The Hall–Kier alpha value is -0.120. The van der Waals surface area contributed by atoms with Crippen molar-refractivity contribution in [1.29, 1.82) is 0 Å². The van der Waals surface area contributed by atoms with Crippen LogP contribution >= 0.6 is 0 Å². The Kier molecular flexibility index (Phi) is 6.10. The molecule has 0 amide bonds. The van der Waals surface area contributed by atoms with Gasteiger partial charge in [0.1, 0.15) is 0 Å². The van der Waals surface area contributed by atoms with Crippen molar-refractivity contribution in [3.05, 3.63) is 0 Å². The van der Waals surface area contributed by atoms with Gasteiger partial charge in [0.05, 0.1) is 0 Å². The first kappa shape index (κ1) is 17.2. The summed E-state index contributed by atoms with van der Waals surface area (Å²) in [6, 6.07) is 0.578. The standard InChI is InChI=1S/C18H36N2O/c1-5-17(4)6-10-20(11-7-17)15-18(14-19-16(2)3)8-12-21-13-9-18/h16,19H,5-15H2,1-4H3. The highest BCUT2D eigenvalue weighted by Crippen LogP contribution is 2.37. The third-order valence-electron chi connectivity index (χ3n) is 5.91. The van der Waals surface area contributed by atoms with E-state index in [0.29, 0.717) is 16.9 Å². The molecule has 0 atom stereocenters. The molecule has 0 bridgehead atoms. The van der Waals surface area contributed by atoms with Gasteiger partial charge < -0.3 is 15.0 Å². The number of hydrogen-bond acceptors (Lipinski definition) is 3. The zero-order chi connectivity index (χ0) is 15.3. The first-order valence-corrected chi connectivity index (χ1v) is 9.00. The van der Waals surface area contributed by atoms with Crippen LogP contribution < -0.4 is 5.32 Å². The smallest absolute Gasteiger partial charge is 0.0472 e. The molecule has 3 nitrogen and oxygen atoms in total. The fourth-order valence-corrected chi connectivity index (χ4v) is 3.69. The molecule has 0 aromatic carbocycles. The number of ether oxygens (including phenoxy) is 1. The molecule has 0 spiro atoms. The van der Waals surface area contributed by atoms with Gasteiger partial charge in [-0.25, -0.2) is 0 Å². The van der Waals surface area contributed by atoms with Gasteiger partial charge in [-0.05, 0) is 49.6 Å². The number of hydrogen-bond donors (Lipinski definition) is 1. The molecule has 2 saturated heterocycles. The highest BCUT2D eigenvalue weighted by Gasteiger charge is 2.36. The van der Waals surface area contributed by atoms with Crippen LogP contribution in [-0.2, 0) is 4.74 Å². The molecule has 2 aliphatic heterocycles. The van der Waals surface area contributed by atoms with Crippen molar-refractivity contribution in [3.8, 4) is 0 Å². The number of nitrogens with one attached hydrogen (secondary N) is 1. The van der Waals surface area contributed by atoms with Crippen LogP contribution in [0.15, 0.2) is 0 Å². The van der Waals surface area contributed by atoms with Crippen molar-refractivity contribution >= 4 is 0 Å². The van der Waals surface area contributed by atoms with E-state index < -0.39 is 0 Å². The number of nitrogens with zero attached hydrogens (tertiary/aromatic N) is 1. The number of rotatable bonds is 6. The minimum absolute atomic E-state index is 0.433. The van der Waals surface area contributed by atoms with Crippen LogP contribution in [-0.4, -0.2) is 50.3 Å². The lowest BCUT2D eigenvalue weighted by atomic mass is 9.75. The molecule has 0 unspecified atom stereocenters. The summed E-state index contributed by atoms with van der Waals surface area (Å²) < 4.78 is 5.62. The predicted molar refractivity (Wildman–Crippen MR) is 89.7 cm³/mol. The first-order valence-electron chi connectivity index (χ1n) is 9.00. The molecular weight excluding hydrogens is 260 g/mol. The Morgan fingerprint density at radius 1 is 1.10 bits per heavy atom. The van der Waals surface area contributed by atoms with Crippen LogP contribution in [0.3, 0.4) is 0 Å². The van der Waals surface area contributed by atoms with Gasteiger partial charge in [0.25, 0.3) is 0 Å². The zero-order valence-electron chi connectivity index (χ0n) is 14.7. The summed E-state index contributed by atoms with van der Waals surface area (Å²) in [7, 11) is 0. The molecule has 21 heavy (non-hydrogen) atoms. The minimum atomic E-state index is 0.433. The maximum Gasteiger partial charge on any atom is 0.0472 e. The van der Waals surface area contributed by atoms with Crippen molar-refractivity contribution in [2.45, 2.75) is 65.8 Å². The van der Waals surface area contributed by atoms with Gasteiger partial charge in [-0.2, -0.15) is 0 Å². The second-order valence-corrected chi connectivity index (χ2v) is 8.09. The highest BCUT2D eigenvalue weighted by molar-refractivity contribution is 4.90. The van der Waals surface area contributed by atoms with E-state index in [0.717, 1.165) is 19.8 Å². The number of likely N-dealkylation sites (tertiary alicyclic amines) is 1. The minimum Gasteiger partial charge on any atom is -0.381 e. The Morgan fingerprint density at radius 3 is 2.24 bits per heavy atom. The van der Waals surface area contributed by atoms with Crippen molar-refractivity contribution in [2.24, 2.45) is 10.8 Å². The average molecular weight is 296 g/mol. The van der Waals surface area contributed by atoms with E-state index >= 15 is 0 Å². The normalized spacial score (nSPS) is 26.1. The highest BCUT2D eigenvalue weighted by atomic mass is 16.5. The zero-order valence-corrected chi connectivity index (χ0v) is 14.7. The molecule has 3 heteroatoms. The lowest BCUT2D eigenvalue weighted by Gasteiger charge is -2.45. The van der Waals surface area contributed by atoms with Gasteiger partial charge >= 0.3 is 0 Å². The van der Waals surface area contributed by atoms with E-state index in [2.05, 4.69) is 37.9 Å². The number of piperidine rings is 1. The van der Waals surface area contributed by atoms with Gasteiger partial charge in [-0.3, -0.25) is 0 Å². The summed E-state index contributed by atoms with van der Waals surface area (Å²) in [6.07, 6.45) is 6.50. The summed E-state index contributed by atoms with van der Waals surface area (Å²) in [5.74, 6) is 0. The monoisotopic (exact) mass is 296 g/mol.